The molecule has 0 spiro atoms. The summed E-state index contributed by atoms with van der Waals surface area (Å²) in [6, 6.07) is 56.5. The minimum Gasteiger partial charge on any atom is -0.354 e. The number of aromatic nitrogens is 4. The largest absolute Gasteiger partial charge is 0.354 e. The molecule has 2 N–H and O–H groups in total. The Bertz CT molecular complexity index is 3890. The van der Waals surface area contributed by atoms with E-state index in [2.05, 4.69) is 156 Å². The van der Waals surface area contributed by atoms with Gasteiger partial charge in [0.1, 0.15) is 0 Å². The van der Waals surface area contributed by atoms with Gasteiger partial charge in [0, 0.05) is 66.1 Å². The second-order valence-electron chi connectivity index (χ2n) is 23.9. The van der Waals surface area contributed by atoms with Crippen LogP contribution < -0.4 is 0 Å². The van der Waals surface area contributed by atoms with Crippen molar-refractivity contribution in [1.29, 1.82) is 0 Å². The molecule has 76 heavy (non-hydrogen) atoms. The standard InChI is InChI=1S/C72H62N4/c1-2-18-41(17-1)61-65-53-33-45-25-9-11-27-47(45)35-55(53)67(73-65)62(42-19-3-4-20-42)69-57-37-49-29-13-15-31-51(49)39-59(57)71(75-69)64(44-23-7-8-24-44)72-60-40-52-32-16-14-30-50(52)38-58(60)70(76-72)63(43-21-5-6-22-43)68-56-36-48-28-12-10-26-46(48)34-54(56)66(61)74-68/h9-16,25-44,73,76H,1-8,17-24H2. The summed E-state index contributed by atoms with van der Waals surface area (Å²) in [7, 11) is 0. The molecular weight excluding hydrogens is 921 g/mol. The van der Waals surface area contributed by atoms with Crippen LogP contribution in [-0.4, -0.2) is 19.9 Å². The van der Waals surface area contributed by atoms with Gasteiger partial charge >= 0.3 is 0 Å². The second-order valence-corrected chi connectivity index (χ2v) is 23.9. The average Bonchev–Trinajstić information content (AvgIpc) is 4.32. The van der Waals surface area contributed by atoms with Crippen LogP contribution in [0.2, 0.25) is 0 Å². The van der Waals surface area contributed by atoms with Gasteiger partial charge in [-0.1, -0.05) is 148 Å². The molecule has 4 saturated carbocycles. The Balaban J connectivity index is 1.18. The molecule has 0 atom stereocenters. The lowest BCUT2D eigenvalue weighted by molar-refractivity contribution is 0.722. The molecule has 0 saturated heterocycles. The predicted molar refractivity (Wildman–Crippen MR) is 320 cm³/mol. The average molecular weight is 983 g/mol. The summed E-state index contributed by atoms with van der Waals surface area (Å²) >= 11 is 0. The van der Waals surface area contributed by atoms with Crippen LogP contribution in [0, 0.1) is 0 Å². The fraction of sp³-hybridized carbons (Fsp3) is 0.278. The van der Waals surface area contributed by atoms with Gasteiger partial charge in [-0.2, -0.15) is 0 Å². The zero-order valence-corrected chi connectivity index (χ0v) is 43.4. The zero-order chi connectivity index (χ0) is 49.6. The highest BCUT2D eigenvalue weighted by Gasteiger charge is 2.36. The molecule has 4 nitrogen and oxygen atoms in total. The minimum atomic E-state index is 0.367. The predicted octanol–water partition coefficient (Wildman–Crippen LogP) is 20.5. The summed E-state index contributed by atoms with van der Waals surface area (Å²) in [4.78, 5) is 21.7. The van der Waals surface area contributed by atoms with E-state index in [1.54, 1.807) is 0 Å². The number of aromatic amines is 2. The van der Waals surface area contributed by atoms with Crippen molar-refractivity contribution >= 4 is 86.7 Å². The van der Waals surface area contributed by atoms with Gasteiger partial charge in [0.05, 0.1) is 44.8 Å². The van der Waals surface area contributed by atoms with Gasteiger partial charge in [-0.25, -0.2) is 9.97 Å². The highest BCUT2D eigenvalue weighted by atomic mass is 14.8. The monoisotopic (exact) mass is 982 g/mol. The highest BCUT2D eigenvalue weighted by molar-refractivity contribution is 6.19. The van der Waals surface area contributed by atoms with Crippen molar-refractivity contribution in [2.45, 2.75) is 126 Å². The van der Waals surface area contributed by atoms with Crippen LogP contribution in [0.3, 0.4) is 0 Å². The third-order valence-corrected chi connectivity index (χ3v) is 19.7. The normalized spacial score (nSPS) is 17.5. The lowest BCUT2D eigenvalue weighted by atomic mass is 9.87. The fourth-order valence-electron chi connectivity index (χ4n) is 16.1. The minimum absolute atomic E-state index is 0.367. The first-order chi connectivity index (χ1) is 37.7. The Labute approximate surface area is 443 Å². The van der Waals surface area contributed by atoms with E-state index in [0.29, 0.717) is 23.7 Å². The number of nitrogens with zero attached hydrogens (tertiary/aromatic N) is 2. The van der Waals surface area contributed by atoms with Gasteiger partial charge in [0.15, 0.2) is 0 Å². The Hall–Kier alpha value is -7.56. The van der Waals surface area contributed by atoms with Crippen LogP contribution >= 0.6 is 0 Å². The van der Waals surface area contributed by atoms with Gasteiger partial charge in [-0.15, -0.1) is 0 Å². The van der Waals surface area contributed by atoms with Crippen molar-refractivity contribution in [2.75, 3.05) is 0 Å². The maximum absolute atomic E-state index is 6.34. The molecule has 370 valence electrons. The van der Waals surface area contributed by atoms with E-state index in [9.17, 15) is 0 Å². The maximum atomic E-state index is 6.34. The number of nitrogens with one attached hydrogen (secondary N) is 2. The third-order valence-electron chi connectivity index (χ3n) is 19.7. The number of benzene rings is 8. The van der Waals surface area contributed by atoms with Gasteiger partial charge < -0.3 is 9.97 Å². The van der Waals surface area contributed by atoms with Crippen LogP contribution in [0.5, 0.6) is 0 Å². The van der Waals surface area contributed by atoms with Gasteiger partial charge in [-0.05, 0) is 167 Å². The second kappa shape index (κ2) is 17.0. The first-order valence-corrected chi connectivity index (χ1v) is 29.2. The Morgan fingerprint density at radius 2 is 0.461 bits per heavy atom. The number of rotatable bonds is 4. The highest BCUT2D eigenvalue weighted by Crippen LogP contribution is 2.55. The van der Waals surface area contributed by atoms with E-state index >= 15 is 0 Å². The quantitative estimate of drug-likeness (QED) is 0.185. The summed E-state index contributed by atoms with van der Waals surface area (Å²) in [5, 5.41) is 15.5. The van der Waals surface area contributed by atoms with Crippen molar-refractivity contribution in [1.82, 2.24) is 19.9 Å². The fourth-order valence-corrected chi connectivity index (χ4v) is 16.1. The van der Waals surface area contributed by atoms with Gasteiger partial charge in [0.25, 0.3) is 0 Å². The number of hydrogen-bond donors (Lipinski definition) is 2. The van der Waals surface area contributed by atoms with Crippen molar-refractivity contribution in [3.63, 3.8) is 0 Å². The first kappa shape index (κ1) is 43.7. The number of hydrogen-bond acceptors (Lipinski definition) is 2. The molecule has 0 radical (unpaired) electrons. The molecule has 5 aliphatic carbocycles. The molecule has 2 aromatic heterocycles. The molecule has 7 aliphatic rings. The SMILES string of the molecule is c1ccc2cc3c(cc2c1)-c1nc-3c(C2CCCC2)c2[nH]c(c(C3CCCC3)c3nc(c(C4CCCC4)c4[nH]c(c1C1CCCC1)c1cc5ccccc5cc41)-c1cc4ccccc4cc1-3)c1cc3ccccc3cc21. The van der Waals surface area contributed by atoms with Crippen LogP contribution in [0.4, 0.5) is 0 Å². The molecule has 17 rings (SSSR count). The first-order valence-electron chi connectivity index (χ1n) is 29.2. The van der Waals surface area contributed by atoms with Crippen molar-refractivity contribution in [3.05, 3.63) is 168 Å². The smallest absolute Gasteiger partial charge is 0.0772 e. The molecule has 0 unspecified atom stereocenters. The maximum Gasteiger partial charge on any atom is 0.0772 e. The zero-order valence-electron chi connectivity index (χ0n) is 43.4. The van der Waals surface area contributed by atoms with Gasteiger partial charge in [0.2, 0.25) is 0 Å². The van der Waals surface area contributed by atoms with Crippen molar-refractivity contribution in [3.8, 4) is 45.0 Å². The van der Waals surface area contributed by atoms with Crippen molar-refractivity contribution < 1.29 is 0 Å². The summed E-state index contributed by atoms with van der Waals surface area (Å²) < 4.78 is 0. The summed E-state index contributed by atoms with van der Waals surface area (Å²) in [5.41, 5.74) is 20.6. The van der Waals surface area contributed by atoms with Crippen LogP contribution in [0.1, 0.15) is 149 Å². The molecule has 4 heterocycles. The molecule has 2 aliphatic heterocycles. The summed E-state index contributed by atoms with van der Waals surface area (Å²) in [6.45, 7) is 0. The van der Waals surface area contributed by atoms with E-state index in [4.69, 9.17) is 9.97 Å². The van der Waals surface area contributed by atoms with E-state index in [0.717, 1.165) is 51.4 Å². The lowest BCUT2D eigenvalue weighted by Crippen LogP contribution is -1.99. The summed E-state index contributed by atoms with van der Waals surface area (Å²) in [5.74, 6) is 1.47. The molecular formula is C72H62N4. The van der Waals surface area contributed by atoms with E-state index in [-0.39, 0.29) is 0 Å². The van der Waals surface area contributed by atoms with Crippen LogP contribution in [0.25, 0.3) is 132 Å². The molecule has 8 bridgehead atoms. The molecule has 4 fully saturated rings. The van der Waals surface area contributed by atoms with E-state index in [1.165, 1.54) is 205 Å². The molecule has 10 aromatic rings. The Morgan fingerprint density at radius 1 is 0.263 bits per heavy atom. The summed E-state index contributed by atoms with van der Waals surface area (Å²) in [6.07, 6.45) is 19.2. The lowest BCUT2D eigenvalue weighted by Gasteiger charge is -2.15. The van der Waals surface area contributed by atoms with E-state index in [1.807, 2.05) is 0 Å². The number of H-pyrrole nitrogens is 2. The van der Waals surface area contributed by atoms with Crippen LogP contribution in [0.15, 0.2) is 146 Å². The van der Waals surface area contributed by atoms with Gasteiger partial charge in [-0.3, -0.25) is 0 Å². The topological polar surface area (TPSA) is 57.4 Å². The Morgan fingerprint density at radius 3 is 0.671 bits per heavy atom. The Kier molecular flexibility index (Phi) is 9.75. The molecule has 8 aromatic carbocycles. The van der Waals surface area contributed by atoms with Crippen molar-refractivity contribution in [2.24, 2.45) is 0 Å². The van der Waals surface area contributed by atoms with Crippen LogP contribution in [-0.2, 0) is 0 Å². The van der Waals surface area contributed by atoms with E-state index < -0.39 is 0 Å². The molecule has 0 amide bonds. The molecule has 4 heteroatoms. The third kappa shape index (κ3) is 6.55. The number of fused-ring (bicyclic) bond motifs is 4.